The number of nitrogens with one attached hydrogen (secondary N) is 2. The van der Waals surface area contributed by atoms with Crippen molar-refractivity contribution in [2.45, 2.75) is 24.9 Å². The first kappa shape index (κ1) is 23.8. The Hall–Kier alpha value is -3.91. The van der Waals surface area contributed by atoms with Crippen LogP contribution in [-0.2, 0) is 4.79 Å². The van der Waals surface area contributed by atoms with Gasteiger partial charge in [0.05, 0.1) is 23.4 Å². The van der Waals surface area contributed by atoms with Crippen molar-refractivity contribution in [2.24, 2.45) is 0 Å². The molecule has 0 saturated carbocycles. The van der Waals surface area contributed by atoms with Gasteiger partial charge in [0.25, 0.3) is 11.8 Å². The average molecular weight is 508 g/mol. The molecule has 2 N–H and O–H groups in total. The predicted octanol–water partition coefficient (Wildman–Crippen LogP) is 4.51. The highest BCUT2D eigenvalue weighted by atomic mass is 35.5. The number of rotatable bonds is 4. The van der Waals surface area contributed by atoms with Crippen LogP contribution in [0.2, 0.25) is 5.02 Å². The van der Waals surface area contributed by atoms with Gasteiger partial charge in [-0.15, -0.1) is 0 Å². The minimum Gasteiger partial charge on any atom is -0.497 e. The Morgan fingerprint density at radius 1 is 1.08 bits per heavy atom. The minimum absolute atomic E-state index is 0.141. The molecule has 5 rings (SSSR count). The molecule has 0 bridgehead atoms. The number of anilines is 1. The van der Waals surface area contributed by atoms with Gasteiger partial charge in [-0.05, 0) is 66.4 Å². The van der Waals surface area contributed by atoms with E-state index >= 15 is 0 Å². The summed E-state index contributed by atoms with van der Waals surface area (Å²) >= 11 is 5.80. The molecule has 3 aromatic carbocycles. The summed E-state index contributed by atoms with van der Waals surface area (Å²) in [5.41, 5.74) is 2.86. The van der Waals surface area contributed by atoms with E-state index in [0.717, 1.165) is 22.9 Å². The molecule has 7 nitrogen and oxygen atoms in total. The van der Waals surface area contributed by atoms with Crippen LogP contribution in [0.1, 0.15) is 33.6 Å². The maximum atomic E-state index is 13.5. The molecule has 2 aliphatic rings. The number of nitrogens with zero attached hydrogens (tertiary/aromatic N) is 1. The Morgan fingerprint density at radius 2 is 1.83 bits per heavy atom. The van der Waals surface area contributed by atoms with Crippen LogP contribution in [0, 0.1) is 5.82 Å². The zero-order valence-corrected chi connectivity index (χ0v) is 20.1. The van der Waals surface area contributed by atoms with Gasteiger partial charge in [-0.2, -0.15) is 0 Å². The molecule has 36 heavy (non-hydrogen) atoms. The molecular formula is C27H23ClFN3O4. The molecule has 2 aliphatic heterocycles. The van der Waals surface area contributed by atoms with Gasteiger partial charge in [-0.3, -0.25) is 14.4 Å². The lowest BCUT2D eigenvalue weighted by Crippen LogP contribution is -2.55. The second-order valence-electron chi connectivity index (χ2n) is 8.82. The molecule has 2 heterocycles. The average Bonchev–Trinajstić information content (AvgIpc) is 2.99. The number of methoxy groups -OCH3 is 1. The Balaban J connectivity index is 1.34. The molecule has 2 unspecified atom stereocenters. The highest BCUT2D eigenvalue weighted by molar-refractivity contribution is 6.31. The summed E-state index contributed by atoms with van der Waals surface area (Å²) in [4.78, 5) is 40.8. The van der Waals surface area contributed by atoms with E-state index in [1.54, 1.807) is 24.1 Å². The first-order valence-electron chi connectivity index (χ1n) is 11.5. The lowest BCUT2D eigenvalue weighted by molar-refractivity contribution is -0.121. The summed E-state index contributed by atoms with van der Waals surface area (Å²) in [6.07, 6.45) is 0.737. The number of halogens is 2. The van der Waals surface area contributed by atoms with Crippen molar-refractivity contribution in [2.75, 3.05) is 19.0 Å². The van der Waals surface area contributed by atoms with Crippen LogP contribution in [0.4, 0.5) is 10.1 Å². The molecule has 0 aromatic heterocycles. The summed E-state index contributed by atoms with van der Waals surface area (Å²) in [7, 11) is 1.60. The van der Waals surface area contributed by atoms with Gasteiger partial charge in [0, 0.05) is 18.2 Å². The number of hydrogen-bond acceptors (Lipinski definition) is 4. The smallest absolute Gasteiger partial charge is 0.256 e. The maximum absolute atomic E-state index is 13.5. The van der Waals surface area contributed by atoms with Crippen molar-refractivity contribution in [1.82, 2.24) is 10.2 Å². The zero-order valence-electron chi connectivity index (χ0n) is 19.4. The summed E-state index contributed by atoms with van der Waals surface area (Å²) in [5, 5.41) is 5.62. The van der Waals surface area contributed by atoms with Gasteiger partial charge in [-0.1, -0.05) is 29.8 Å². The van der Waals surface area contributed by atoms with Gasteiger partial charge in [0.15, 0.2) is 0 Å². The molecule has 2 atom stereocenters. The number of benzene rings is 3. The summed E-state index contributed by atoms with van der Waals surface area (Å²) in [6, 6.07) is 15.6. The summed E-state index contributed by atoms with van der Waals surface area (Å²) < 4.78 is 18.7. The van der Waals surface area contributed by atoms with Crippen molar-refractivity contribution in [3.05, 3.63) is 82.6 Å². The number of fused-ring (bicyclic) bond motifs is 2. The molecule has 184 valence electrons. The monoisotopic (exact) mass is 507 g/mol. The fourth-order valence-corrected chi connectivity index (χ4v) is 4.84. The molecule has 0 spiro atoms. The first-order chi connectivity index (χ1) is 17.3. The second-order valence-corrected chi connectivity index (χ2v) is 9.22. The van der Waals surface area contributed by atoms with E-state index in [-0.39, 0.29) is 34.9 Å². The van der Waals surface area contributed by atoms with Crippen LogP contribution in [0.25, 0.3) is 11.1 Å². The molecule has 1 fully saturated rings. The van der Waals surface area contributed by atoms with Crippen molar-refractivity contribution >= 4 is 35.0 Å². The molecule has 0 aliphatic carbocycles. The summed E-state index contributed by atoms with van der Waals surface area (Å²) in [6.45, 7) is 0.304. The van der Waals surface area contributed by atoms with Crippen LogP contribution >= 0.6 is 11.6 Å². The number of ether oxygens (including phenoxy) is 1. The SMILES string of the molecule is COc1ccc(-c2ccc3c(c2)C(=O)N2CCC(NC(=O)c4ccc(F)c(Cl)c4)CC2C(=O)N3)cc1. The Kier molecular flexibility index (Phi) is 6.36. The quantitative estimate of drug-likeness (QED) is 0.544. The molecular weight excluding hydrogens is 485 g/mol. The number of carbonyl (C=O) groups is 3. The van der Waals surface area contributed by atoms with E-state index in [9.17, 15) is 18.8 Å². The lowest BCUT2D eigenvalue weighted by atomic mass is 9.95. The third-order valence-corrected chi connectivity index (χ3v) is 6.90. The minimum atomic E-state index is -0.731. The first-order valence-corrected chi connectivity index (χ1v) is 11.9. The zero-order chi connectivity index (χ0) is 25.4. The number of hydrogen-bond donors (Lipinski definition) is 2. The highest BCUT2D eigenvalue weighted by Crippen LogP contribution is 2.32. The van der Waals surface area contributed by atoms with Crippen molar-refractivity contribution < 1.29 is 23.5 Å². The van der Waals surface area contributed by atoms with Crippen LogP contribution in [0.5, 0.6) is 5.75 Å². The van der Waals surface area contributed by atoms with E-state index in [1.807, 2.05) is 30.3 Å². The molecule has 9 heteroatoms. The van der Waals surface area contributed by atoms with Crippen molar-refractivity contribution in [3.63, 3.8) is 0 Å². The third kappa shape index (κ3) is 4.52. The van der Waals surface area contributed by atoms with Gasteiger partial charge in [-0.25, -0.2) is 4.39 Å². The third-order valence-electron chi connectivity index (χ3n) is 6.61. The van der Waals surface area contributed by atoms with Crippen LogP contribution in [-0.4, -0.2) is 48.4 Å². The molecule has 3 amide bonds. The number of carbonyl (C=O) groups excluding carboxylic acids is 3. The molecule has 0 radical (unpaired) electrons. The van der Waals surface area contributed by atoms with E-state index in [1.165, 1.54) is 12.1 Å². The number of piperidine rings is 1. The lowest BCUT2D eigenvalue weighted by Gasteiger charge is -2.37. The van der Waals surface area contributed by atoms with E-state index in [2.05, 4.69) is 10.6 Å². The predicted molar refractivity (Wildman–Crippen MR) is 134 cm³/mol. The topological polar surface area (TPSA) is 87.7 Å². The Morgan fingerprint density at radius 3 is 2.56 bits per heavy atom. The van der Waals surface area contributed by atoms with Crippen molar-refractivity contribution in [3.8, 4) is 16.9 Å². The van der Waals surface area contributed by atoms with E-state index in [0.29, 0.717) is 24.2 Å². The van der Waals surface area contributed by atoms with Crippen molar-refractivity contribution in [1.29, 1.82) is 0 Å². The van der Waals surface area contributed by atoms with E-state index in [4.69, 9.17) is 16.3 Å². The van der Waals surface area contributed by atoms with Crippen LogP contribution in [0.3, 0.4) is 0 Å². The van der Waals surface area contributed by atoms with Gasteiger partial charge >= 0.3 is 0 Å². The normalized spacial score (nSPS) is 19.0. The maximum Gasteiger partial charge on any atom is 0.256 e. The van der Waals surface area contributed by atoms with Gasteiger partial charge in [0.1, 0.15) is 17.6 Å². The standard InChI is InChI=1S/C27H23ClFN3O4/c1-36-19-6-2-15(3-7-19)16-5-9-23-20(12-16)27(35)32-11-10-18(14-24(32)26(34)31-23)30-25(33)17-4-8-22(29)21(28)13-17/h2-9,12-13,18,24H,10-11,14H2,1H3,(H,30,33)(H,31,34). The van der Waals surface area contributed by atoms with Gasteiger partial charge < -0.3 is 20.3 Å². The fourth-order valence-electron chi connectivity index (χ4n) is 4.66. The Bertz CT molecular complexity index is 1360. The Labute approximate surface area is 212 Å². The van der Waals surface area contributed by atoms with E-state index < -0.39 is 17.8 Å². The largest absolute Gasteiger partial charge is 0.497 e. The summed E-state index contributed by atoms with van der Waals surface area (Å²) in [5.74, 6) is -0.827. The highest BCUT2D eigenvalue weighted by Gasteiger charge is 2.40. The van der Waals surface area contributed by atoms with Crippen LogP contribution in [0.15, 0.2) is 60.7 Å². The molecule has 1 saturated heterocycles. The number of amides is 3. The fraction of sp³-hybridized carbons (Fsp3) is 0.222. The second kappa shape index (κ2) is 9.62. The van der Waals surface area contributed by atoms with Gasteiger partial charge in [0.2, 0.25) is 5.91 Å². The molecule has 3 aromatic rings. The van der Waals surface area contributed by atoms with Crippen LogP contribution < -0.4 is 15.4 Å².